The van der Waals surface area contributed by atoms with E-state index in [2.05, 4.69) is 13.2 Å². The van der Waals surface area contributed by atoms with Gasteiger partial charge in [-0.05, 0) is 52.0 Å². The smallest absolute Gasteiger partial charge is 0.0892 e. The second kappa shape index (κ2) is 8.40. The van der Waals surface area contributed by atoms with E-state index in [1.165, 1.54) is 0 Å². The van der Waals surface area contributed by atoms with Gasteiger partial charge in [-0.25, -0.2) is 0 Å². The van der Waals surface area contributed by atoms with Crippen LogP contribution in [0.2, 0.25) is 0 Å². The van der Waals surface area contributed by atoms with Crippen LogP contribution in [0.15, 0.2) is 23.0 Å². The highest BCUT2D eigenvalue weighted by atomic mass is 32.2. The average Bonchev–Trinajstić information content (AvgIpc) is 2.24. The van der Waals surface area contributed by atoms with E-state index in [1.54, 1.807) is 51.2 Å². The van der Waals surface area contributed by atoms with Crippen molar-refractivity contribution in [2.24, 2.45) is 0 Å². The van der Waals surface area contributed by atoms with Gasteiger partial charge >= 0.3 is 0 Å². The summed E-state index contributed by atoms with van der Waals surface area (Å²) < 4.78 is 0. The summed E-state index contributed by atoms with van der Waals surface area (Å²) in [5.74, 6) is 2.00. The molecule has 0 bridgehead atoms. The second-order valence-electron chi connectivity index (χ2n) is 5.72. The highest BCUT2D eigenvalue weighted by molar-refractivity contribution is 8.03. The molecule has 0 spiro atoms. The lowest BCUT2D eigenvalue weighted by Crippen LogP contribution is -2.19. The molecule has 0 heterocycles. The lowest BCUT2D eigenvalue weighted by Gasteiger charge is -2.20. The number of hydrogen-bond acceptors (Lipinski definition) is 4. The minimum absolute atomic E-state index is 0.787. The molecule has 0 saturated carbocycles. The molecule has 0 unspecified atom stereocenters. The summed E-state index contributed by atoms with van der Waals surface area (Å²) in [5.41, 5.74) is -1.57. The van der Waals surface area contributed by atoms with Crippen molar-refractivity contribution < 1.29 is 10.2 Å². The van der Waals surface area contributed by atoms with Crippen molar-refractivity contribution in [3.05, 3.63) is 23.0 Å². The molecule has 0 aromatic rings. The van der Waals surface area contributed by atoms with E-state index in [1.807, 2.05) is 0 Å². The fourth-order valence-electron chi connectivity index (χ4n) is 1.12. The average molecular weight is 305 g/mol. The molecule has 112 valence electrons. The Labute approximate surface area is 126 Å². The first-order valence-corrected chi connectivity index (χ1v) is 8.61. The molecule has 0 amide bonds. The van der Waals surface area contributed by atoms with Crippen LogP contribution in [-0.2, 0) is 0 Å². The summed E-state index contributed by atoms with van der Waals surface area (Å²) in [4.78, 5) is 1.66. The summed E-state index contributed by atoms with van der Waals surface area (Å²) in [6.45, 7) is 14.8. The molecule has 2 N–H and O–H groups in total. The summed E-state index contributed by atoms with van der Waals surface area (Å²) in [5, 5.41) is 19.4. The van der Waals surface area contributed by atoms with E-state index in [9.17, 15) is 10.2 Å². The molecule has 0 aliphatic rings. The van der Waals surface area contributed by atoms with Crippen LogP contribution in [0.5, 0.6) is 0 Å². The molecule has 0 aliphatic carbocycles. The zero-order valence-electron chi connectivity index (χ0n) is 12.7. The molecule has 0 aliphatic heterocycles. The monoisotopic (exact) mass is 304 g/mol. The molecule has 4 heteroatoms. The standard InChI is InChI=1S/C15H28O2S2/c1-12(14(3,4)16)18-10-8-7-9-11-19-13(2)15(5,6)17/h16-17H,1-2,7-11H2,3-6H3. The van der Waals surface area contributed by atoms with Crippen molar-refractivity contribution in [3.63, 3.8) is 0 Å². The Morgan fingerprint density at radius 1 is 0.789 bits per heavy atom. The van der Waals surface area contributed by atoms with Crippen LogP contribution >= 0.6 is 23.5 Å². The molecule has 0 aromatic heterocycles. The number of aliphatic hydroxyl groups is 2. The van der Waals surface area contributed by atoms with Gasteiger partial charge in [0.15, 0.2) is 0 Å². The number of thioether (sulfide) groups is 2. The fraction of sp³-hybridized carbons (Fsp3) is 0.733. The molecule has 0 atom stereocenters. The van der Waals surface area contributed by atoms with E-state index in [0.717, 1.165) is 40.6 Å². The molecule has 0 aromatic carbocycles. The first-order valence-electron chi connectivity index (χ1n) is 6.64. The van der Waals surface area contributed by atoms with E-state index in [0.29, 0.717) is 0 Å². The maximum absolute atomic E-state index is 9.71. The van der Waals surface area contributed by atoms with Crippen LogP contribution in [0.25, 0.3) is 0 Å². The summed E-state index contributed by atoms with van der Waals surface area (Å²) in [6, 6.07) is 0. The molecular weight excluding hydrogens is 276 g/mol. The van der Waals surface area contributed by atoms with Crippen LogP contribution < -0.4 is 0 Å². The van der Waals surface area contributed by atoms with E-state index < -0.39 is 11.2 Å². The van der Waals surface area contributed by atoms with Gasteiger partial charge in [-0.15, -0.1) is 23.5 Å². The Balaban J connectivity index is 3.53. The Bertz CT molecular complexity index is 268. The van der Waals surface area contributed by atoms with Crippen LogP contribution in [-0.4, -0.2) is 32.9 Å². The van der Waals surface area contributed by atoms with Crippen molar-refractivity contribution in [3.8, 4) is 0 Å². The first-order chi connectivity index (χ1) is 8.55. The van der Waals surface area contributed by atoms with Gasteiger partial charge in [0.2, 0.25) is 0 Å². The van der Waals surface area contributed by atoms with Gasteiger partial charge < -0.3 is 10.2 Å². The lowest BCUT2D eigenvalue weighted by atomic mass is 10.1. The zero-order valence-corrected chi connectivity index (χ0v) is 14.3. The van der Waals surface area contributed by atoms with Crippen LogP contribution in [0.4, 0.5) is 0 Å². The molecular formula is C15H28O2S2. The van der Waals surface area contributed by atoms with Gasteiger partial charge in [-0.2, -0.15) is 0 Å². The Kier molecular flexibility index (Phi) is 8.45. The third-order valence-corrected chi connectivity index (χ3v) is 5.39. The highest BCUT2D eigenvalue weighted by Gasteiger charge is 2.18. The van der Waals surface area contributed by atoms with Crippen molar-refractivity contribution >= 4 is 23.5 Å². The van der Waals surface area contributed by atoms with Gasteiger partial charge in [-0.1, -0.05) is 19.6 Å². The Morgan fingerprint density at radius 3 is 1.37 bits per heavy atom. The van der Waals surface area contributed by atoms with E-state index >= 15 is 0 Å². The van der Waals surface area contributed by atoms with Gasteiger partial charge in [0.1, 0.15) is 0 Å². The fourth-order valence-corrected chi connectivity index (χ4v) is 3.02. The maximum Gasteiger partial charge on any atom is 0.0892 e. The minimum atomic E-state index is -0.787. The molecule has 0 saturated heterocycles. The zero-order chi connectivity index (χ0) is 15.1. The van der Waals surface area contributed by atoms with Gasteiger partial charge in [0.05, 0.1) is 11.2 Å². The van der Waals surface area contributed by atoms with Crippen molar-refractivity contribution in [2.45, 2.75) is 58.2 Å². The first kappa shape index (κ1) is 19.1. The predicted molar refractivity (Wildman–Crippen MR) is 89.6 cm³/mol. The second-order valence-corrected chi connectivity index (χ2v) is 8.10. The van der Waals surface area contributed by atoms with Gasteiger partial charge in [0, 0.05) is 9.81 Å². The normalized spacial score (nSPS) is 12.5. The Morgan fingerprint density at radius 2 is 1.11 bits per heavy atom. The highest BCUT2D eigenvalue weighted by Crippen LogP contribution is 2.28. The SMILES string of the molecule is C=C(SCCCCCSC(=C)C(C)(C)O)C(C)(C)O. The van der Waals surface area contributed by atoms with Crippen LogP contribution in [0.3, 0.4) is 0 Å². The van der Waals surface area contributed by atoms with Gasteiger partial charge in [0.25, 0.3) is 0 Å². The van der Waals surface area contributed by atoms with Crippen molar-refractivity contribution in [1.29, 1.82) is 0 Å². The van der Waals surface area contributed by atoms with E-state index in [-0.39, 0.29) is 0 Å². The predicted octanol–water partition coefficient (Wildman–Crippen LogP) is 4.19. The van der Waals surface area contributed by atoms with Gasteiger partial charge in [-0.3, -0.25) is 0 Å². The van der Waals surface area contributed by atoms with Crippen LogP contribution in [0.1, 0.15) is 47.0 Å². The largest absolute Gasteiger partial charge is 0.385 e. The van der Waals surface area contributed by atoms with E-state index in [4.69, 9.17) is 0 Å². The number of hydrogen-bond donors (Lipinski definition) is 2. The third-order valence-electron chi connectivity index (χ3n) is 2.71. The lowest BCUT2D eigenvalue weighted by molar-refractivity contribution is 0.129. The summed E-state index contributed by atoms with van der Waals surface area (Å²) >= 11 is 3.29. The maximum atomic E-state index is 9.71. The number of rotatable bonds is 10. The quantitative estimate of drug-likeness (QED) is 0.594. The molecule has 2 nitrogen and oxygen atoms in total. The van der Waals surface area contributed by atoms with Crippen molar-refractivity contribution in [2.75, 3.05) is 11.5 Å². The third kappa shape index (κ3) is 9.61. The molecule has 0 fully saturated rings. The van der Waals surface area contributed by atoms with Crippen LogP contribution in [0, 0.1) is 0 Å². The summed E-state index contributed by atoms with van der Waals surface area (Å²) in [7, 11) is 0. The number of unbranched alkanes of at least 4 members (excludes halogenated alkanes) is 2. The van der Waals surface area contributed by atoms with Crippen molar-refractivity contribution in [1.82, 2.24) is 0 Å². The summed E-state index contributed by atoms with van der Waals surface area (Å²) in [6.07, 6.45) is 3.39. The molecule has 19 heavy (non-hydrogen) atoms. The topological polar surface area (TPSA) is 40.5 Å². The minimum Gasteiger partial charge on any atom is -0.385 e. The molecule has 0 radical (unpaired) electrons. The Hall–Kier alpha value is 0.1000. The molecule has 0 rings (SSSR count).